The minimum absolute atomic E-state index is 0.162. The third-order valence-corrected chi connectivity index (χ3v) is 5.23. The van der Waals surface area contributed by atoms with Crippen LogP contribution >= 0.6 is 22.9 Å². The van der Waals surface area contributed by atoms with Crippen LogP contribution in [0.1, 0.15) is 22.8 Å². The van der Waals surface area contributed by atoms with Crippen LogP contribution in [0.5, 0.6) is 0 Å². The Labute approximate surface area is 171 Å². The molecule has 0 radical (unpaired) electrons. The Morgan fingerprint density at radius 2 is 2.00 bits per heavy atom. The van der Waals surface area contributed by atoms with Crippen molar-refractivity contribution in [3.63, 3.8) is 0 Å². The molecule has 0 atom stereocenters. The first kappa shape index (κ1) is 19.9. The molecule has 28 heavy (non-hydrogen) atoms. The molecule has 0 aliphatic carbocycles. The second-order valence-electron chi connectivity index (χ2n) is 5.89. The van der Waals surface area contributed by atoms with E-state index in [1.165, 1.54) is 11.3 Å². The van der Waals surface area contributed by atoms with Crippen LogP contribution in [0.2, 0.25) is 5.02 Å². The lowest BCUT2D eigenvalue weighted by Gasteiger charge is -2.03. The summed E-state index contributed by atoms with van der Waals surface area (Å²) in [7, 11) is 0. The SMILES string of the molecule is C#CCn1c(=NC(=O)Cc2ccc(Cl)cc2)sc2cc(C(=O)OCC)ccc21. The zero-order valence-corrected chi connectivity index (χ0v) is 16.7. The summed E-state index contributed by atoms with van der Waals surface area (Å²) >= 11 is 7.18. The third kappa shape index (κ3) is 4.50. The van der Waals surface area contributed by atoms with E-state index in [1.54, 1.807) is 54.0 Å². The molecule has 5 nitrogen and oxygen atoms in total. The molecular weight excluding hydrogens is 396 g/mol. The first-order valence-corrected chi connectivity index (χ1v) is 9.77. The Bertz CT molecular complexity index is 1140. The molecule has 0 aliphatic rings. The van der Waals surface area contributed by atoms with Crippen LogP contribution in [0.4, 0.5) is 0 Å². The number of amides is 1. The van der Waals surface area contributed by atoms with E-state index in [9.17, 15) is 9.59 Å². The van der Waals surface area contributed by atoms with Crippen LogP contribution in [-0.4, -0.2) is 23.1 Å². The fourth-order valence-electron chi connectivity index (χ4n) is 2.67. The van der Waals surface area contributed by atoms with Crippen molar-refractivity contribution in [3.05, 3.63) is 63.4 Å². The smallest absolute Gasteiger partial charge is 0.338 e. The van der Waals surface area contributed by atoms with Gasteiger partial charge in [0.25, 0.3) is 5.91 Å². The lowest BCUT2D eigenvalue weighted by molar-refractivity contribution is -0.117. The molecule has 0 spiro atoms. The molecule has 0 saturated carbocycles. The Morgan fingerprint density at radius 3 is 2.68 bits per heavy atom. The number of hydrogen-bond acceptors (Lipinski definition) is 4. The number of aromatic nitrogens is 1. The molecule has 0 bridgehead atoms. The molecule has 1 aromatic heterocycles. The van der Waals surface area contributed by atoms with E-state index in [2.05, 4.69) is 10.9 Å². The first-order valence-electron chi connectivity index (χ1n) is 8.57. The number of ether oxygens (including phenoxy) is 1. The first-order chi connectivity index (χ1) is 13.5. The highest BCUT2D eigenvalue weighted by molar-refractivity contribution is 7.16. The van der Waals surface area contributed by atoms with Gasteiger partial charge in [0.2, 0.25) is 0 Å². The highest BCUT2D eigenvalue weighted by Crippen LogP contribution is 2.20. The summed E-state index contributed by atoms with van der Waals surface area (Å²) in [5.41, 5.74) is 2.09. The Hall–Kier alpha value is -2.88. The van der Waals surface area contributed by atoms with Gasteiger partial charge >= 0.3 is 5.97 Å². The number of fused-ring (bicyclic) bond motifs is 1. The van der Waals surface area contributed by atoms with Gasteiger partial charge in [-0.25, -0.2) is 4.79 Å². The Balaban J connectivity index is 1.98. The van der Waals surface area contributed by atoms with Gasteiger partial charge in [0.1, 0.15) is 0 Å². The molecule has 0 N–H and O–H groups in total. The monoisotopic (exact) mass is 412 g/mol. The van der Waals surface area contributed by atoms with Gasteiger partial charge in [0, 0.05) is 5.02 Å². The normalized spacial score (nSPS) is 11.4. The quantitative estimate of drug-likeness (QED) is 0.472. The van der Waals surface area contributed by atoms with Crippen LogP contribution < -0.4 is 4.80 Å². The largest absolute Gasteiger partial charge is 0.462 e. The van der Waals surface area contributed by atoms with Gasteiger partial charge in [0.15, 0.2) is 4.80 Å². The molecule has 7 heteroatoms. The molecule has 3 rings (SSSR count). The highest BCUT2D eigenvalue weighted by Gasteiger charge is 2.12. The fraction of sp³-hybridized carbons (Fsp3) is 0.190. The van der Waals surface area contributed by atoms with Gasteiger partial charge in [-0.1, -0.05) is 41.0 Å². The van der Waals surface area contributed by atoms with E-state index in [4.69, 9.17) is 22.8 Å². The molecule has 1 heterocycles. The predicted molar refractivity (Wildman–Crippen MR) is 110 cm³/mol. The summed E-state index contributed by atoms with van der Waals surface area (Å²) in [5.74, 6) is 1.90. The van der Waals surface area contributed by atoms with Crippen LogP contribution in [0.25, 0.3) is 10.2 Å². The number of thiazole rings is 1. The van der Waals surface area contributed by atoms with Gasteiger partial charge in [-0.2, -0.15) is 4.99 Å². The average molecular weight is 413 g/mol. The van der Waals surface area contributed by atoms with Crippen molar-refractivity contribution in [1.82, 2.24) is 4.57 Å². The summed E-state index contributed by atoms with van der Waals surface area (Å²) in [6.07, 6.45) is 5.65. The van der Waals surface area contributed by atoms with E-state index in [0.717, 1.165) is 15.8 Å². The number of halogens is 1. The maximum Gasteiger partial charge on any atom is 0.338 e. The van der Waals surface area contributed by atoms with Crippen molar-refractivity contribution >= 4 is 45.0 Å². The topological polar surface area (TPSA) is 60.7 Å². The van der Waals surface area contributed by atoms with Crippen LogP contribution in [0, 0.1) is 12.3 Å². The molecule has 142 valence electrons. The average Bonchev–Trinajstić information content (AvgIpc) is 3.00. The number of hydrogen-bond donors (Lipinski definition) is 0. The van der Waals surface area contributed by atoms with Crippen LogP contribution in [-0.2, 0) is 22.5 Å². The molecule has 0 fully saturated rings. The zero-order valence-electron chi connectivity index (χ0n) is 15.1. The Kier molecular flexibility index (Phi) is 6.30. The summed E-state index contributed by atoms with van der Waals surface area (Å²) in [5, 5.41) is 0.613. The van der Waals surface area contributed by atoms with Gasteiger partial charge in [-0.05, 0) is 42.8 Å². The lowest BCUT2D eigenvalue weighted by Crippen LogP contribution is -2.17. The third-order valence-electron chi connectivity index (χ3n) is 3.93. The van der Waals surface area contributed by atoms with Crippen LogP contribution in [0.15, 0.2) is 47.5 Å². The standard InChI is InChI=1S/C21H17ClN2O3S/c1-3-11-24-17-10-7-15(20(26)27-4-2)13-18(17)28-21(24)23-19(25)12-14-5-8-16(22)9-6-14/h1,5-10,13H,4,11-12H2,2H3. The van der Waals surface area contributed by atoms with Crippen molar-refractivity contribution in [2.24, 2.45) is 4.99 Å². The maximum absolute atomic E-state index is 12.4. The number of esters is 1. The summed E-state index contributed by atoms with van der Waals surface area (Å²) < 4.78 is 7.63. The van der Waals surface area contributed by atoms with Crippen molar-refractivity contribution in [1.29, 1.82) is 0 Å². The van der Waals surface area contributed by atoms with Gasteiger partial charge in [-0.15, -0.1) is 6.42 Å². The van der Waals surface area contributed by atoms with Crippen LogP contribution in [0.3, 0.4) is 0 Å². The van der Waals surface area contributed by atoms with Gasteiger partial charge in [-0.3, -0.25) is 4.79 Å². The summed E-state index contributed by atoms with van der Waals surface area (Å²) in [6, 6.07) is 12.3. The molecule has 0 saturated heterocycles. The van der Waals surface area contributed by atoms with Crippen molar-refractivity contribution < 1.29 is 14.3 Å². The fourth-order valence-corrected chi connectivity index (χ4v) is 3.88. The van der Waals surface area contributed by atoms with E-state index >= 15 is 0 Å². The number of terminal acetylenes is 1. The second-order valence-corrected chi connectivity index (χ2v) is 7.33. The predicted octanol–water partition coefficient (Wildman–Crippen LogP) is 3.84. The number of nitrogens with zero attached hydrogens (tertiary/aromatic N) is 2. The van der Waals surface area contributed by atoms with E-state index in [1.807, 2.05) is 0 Å². The van der Waals surface area contributed by atoms with E-state index in [0.29, 0.717) is 22.0 Å². The molecule has 0 aliphatic heterocycles. The number of rotatable bonds is 5. The number of benzene rings is 2. The minimum Gasteiger partial charge on any atom is -0.462 e. The van der Waals surface area contributed by atoms with Crippen molar-refractivity contribution in [2.75, 3.05) is 6.61 Å². The lowest BCUT2D eigenvalue weighted by atomic mass is 10.1. The summed E-state index contributed by atoms with van der Waals surface area (Å²) in [4.78, 5) is 29.1. The summed E-state index contributed by atoms with van der Waals surface area (Å²) in [6.45, 7) is 2.33. The minimum atomic E-state index is -0.390. The zero-order chi connectivity index (χ0) is 20.1. The number of carbonyl (C=O) groups excluding carboxylic acids is 2. The van der Waals surface area contributed by atoms with Gasteiger partial charge in [0.05, 0.1) is 35.4 Å². The number of carbonyl (C=O) groups is 2. The van der Waals surface area contributed by atoms with Crippen molar-refractivity contribution in [3.8, 4) is 12.3 Å². The van der Waals surface area contributed by atoms with Gasteiger partial charge < -0.3 is 9.30 Å². The maximum atomic E-state index is 12.4. The highest BCUT2D eigenvalue weighted by atomic mass is 35.5. The molecule has 2 aromatic carbocycles. The van der Waals surface area contributed by atoms with E-state index < -0.39 is 5.97 Å². The molecular formula is C21H17ClN2O3S. The van der Waals surface area contributed by atoms with E-state index in [-0.39, 0.29) is 18.9 Å². The molecule has 1 amide bonds. The molecule has 3 aromatic rings. The Morgan fingerprint density at radius 1 is 1.25 bits per heavy atom. The molecule has 0 unspecified atom stereocenters. The second kappa shape index (κ2) is 8.87. The van der Waals surface area contributed by atoms with Crippen molar-refractivity contribution in [2.45, 2.75) is 19.9 Å².